The lowest BCUT2D eigenvalue weighted by Crippen LogP contribution is -2.30. The van der Waals surface area contributed by atoms with Crippen LogP contribution in [0.1, 0.15) is 11.1 Å². The summed E-state index contributed by atoms with van der Waals surface area (Å²) >= 11 is 0. The van der Waals surface area contributed by atoms with Gasteiger partial charge in [0.05, 0.1) is 17.2 Å². The summed E-state index contributed by atoms with van der Waals surface area (Å²) in [7, 11) is 1.93. The molecule has 0 saturated heterocycles. The summed E-state index contributed by atoms with van der Waals surface area (Å²) in [5.74, 6) is -0.360. The summed E-state index contributed by atoms with van der Waals surface area (Å²) in [4.78, 5) is 0. The lowest BCUT2D eigenvalue weighted by atomic mass is 10.00. The van der Waals surface area contributed by atoms with Gasteiger partial charge in [0.25, 0.3) is 0 Å². The number of hydrogen-bond donors (Lipinski definition) is 0. The third kappa shape index (κ3) is 1.99. The van der Waals surface area contributed by atoms with Crippen LogP contribution in [0, 0.1) is 24.1 Å². The van der Waals surface area contributed by atoms with Crippen molar-refractivity contribution in [2.24, 2.45) is 7.05 Å². The van der Waals surface area contributed by atoms with Crippen molar-refractivity contribution in [3.63, 3.8) is 0 Å². The predicted molar refractivity (Wildman–Crippen MR) is 89.7 cm³/mol. The summed E-state index contributed by atoms with van der Waals surface area (Å²) < 4.78 is 22.6. The minimum atomic E-state index is -0.360. The number of fused-ring (bicyclic) bond motifs is 3. The van der Waals surface area contributed by atoms with E-state index in [0.717, 1.165) is 16.6 Å². The number of rotatable bonds is 1. The van der Waals surface area contributed by atoms with Crippen LogP contribution in [0.3, 0.4) is 0 Å². The molecule has 0 radical (unpaired) electrons. The second-order valence-corrected chi connectivity index (χ2v) is 5.86. The predicted octanol–water partition coefficient (Wildman–Crippen LogP) is 4.40. The van der Waals surface area contributed by atoms with E-state index in [1.807, 2.05) is 42.1 Å². The van der Waals surface area contributed by atoms with Gasteiger partial charge >= 0.3 is 0 Å². The molecule has 2 aromatic heterocycles. The molecule has 116 valence electrons. The number of nitriles is 1. The highest BCUT2D eigenvalue weighted by atomic mass is 19.1. The van der Waals surface area contributed by atoms with Gasteiger partial charge in [-0.25, -0.2) is 8.96 Å². The molecule has 0 N–H and O–H groups in total. The molecule has 0 atom stereocenters. The lowest BCUT2D eigenvalue weighted by molar-refractivity contribution is -0.660. The molecule has 0 saturated carbocycles. The first-order valence-electron chi connectivity index (χ1n) is 7.60. The van der Waals surface area contributed by atoms with E-state index in [1.165, 1.54) is 0 Å². The largest absolute Gasteiger partial charge is 0.453 e. The maximum atomic E-state index is 14.9. The molecule has 0 spiro atoms. The molecule has 4 heteroatoms. The number of hydrogen-bond acceptors (Lipinski definition) is 2. The smallest absolute Gasteiger partial charge is 0.212 e. The van der Waals surface area contributed by atoms with Gasteiger partial charge in [0, 0.05) is 28.5 Å². The molecule has 4 aromatic rings. The summed E-state index contributed by atoms with van der Waals surface area (Å²) in [6, 6.07) is 15.0. The van der Waals surface area contributed by atoms with E-state index in [0.29, 0.717) is 22.1 Å². The fourth-order valence-electron chi connectivity index (χ4n) is 3.10. The molecular weight excluding hydrogens is 303 g/mol. The van der Waals surface area contributed by atoms with Gasteiger partial charge in [-0.1, -0.05) is 0 Å². The van der Waals surface area contributed by atoms with Gasteiger partial charge in [-0.05, 0) is 37.3 Å². The zero-order valence-corrected chi connectivity index (χ0v) is 13.3. The quantitative estimate of drug-likeness (QED) is 0.488. The van der Waals surface area contributed by atoms with E-state index in [1.54, 1.807) is 25.1 Å². The van der Waals surface area contributed by atoms with Crippen molar-refractivity contribution in [2.75, 3.05) is 0 Å². The molecule has 0 unspecified atom stereocenters. The molecule has 0 bridgehead atoms. The molecule has 24 heavy (non-hydrogen) atoms. The van der Waals surface area contributed by atoms with Crippen LogP contribution >= 0.6 is 0 Å². The van der Waals surface area contributed by atoms with Crippen LogP contribution in [0.15, 0.2) is 53.1 Å². The zero-order chi connectivity index (χ0) is 16.8. The van der Waals surface area contributed by atoms with Crippen LogP contribution in [0.4, 0.5) is 4.39 Å². The van der Waals surface area contributed by atoms with Crippen LogP contribution in [0.5, 0.6) is 0 Å². The monoisotopic (exact) mass is 317 g/mol. The fourth-order valence-corrected chi connectivity index (χ4v) is 3.10. The molecule has 2 heterocycles. The maximum absolute atomic E-state index is 14.9. The van der Waals surface area contributed by atoms with E-state index in [2.05, 4.69) is 6.07 Å². The topological polar surface area (TPSA) is 40.8 Å². The number of pyridine rings is 1. The van der Waals surface area contributed by atoms with Crippen LogP contribution in [0.25, 0.3) is 33.2 Å². The van der Waals surface area contributed by atoms with E-state index >= 15 is 0 Å². The summed E-state index contributed by atoms with van der Waals surface area (Å²) in [6.07, 6.45) is 1.93. The van der Waals surface area contributed by atoms with Crippen molar-refractivity contribution in [1.82, 2.24) is 0 Å². The highest BCUT2D eigenvalue weighted by Gasteiger charge is 2.21. The number of nitrogens with zero attached hydrogens (tertiary/aromatic N) is 2. The van der Waals surface area contributed by atoms with E-state index in [-0.39, 0.29) is 11.4 Å². The average Bonchev–Trinajstić information content (AvgIpc) is 2.96. The van der Waals surface area contributed by atoms with Gasteiger partial charge in [0.15, 0.2) is 17.6 Å². The van der Waals surface area contributed by atoms with Gasteiger partial charge in [0.2, 0.25) is 5.69 Å². The number of aromatic nitrogens is 1. The van der Waals surface area contributed by atoms with Crippen LogP contribution in [-0.2, 0) is 7.05 Å². The Hall–Kier alpha value is -3.19. The first-order chi connectivity index (χ1) is 11.6. The molecule has 0 aliphatic carbocycles. The Morgan fingerprint density at radius 1 is 1.12 bits per heavy atom. The first-order valence-corrected chi connectivity index (χ1v) is 7.60. The SMILES string of the molecule is Cc1c(-c2cccc[n+]2C)cc2c(oc3ccc(C#N)cc32)c1F. The second-order valence-electron chi connectivity index (χ2n) is 5.86. The summed E-state index contributed by atoms with van der Waals surface area (Å²) in [6.45, 7) is 1.75. The molecule has 3 nitrogen and oxygen atoms in total. The molecule has 0 aliphatic rings. The van der Waals surface area contributed by atoms with E-state index < -0.39 is 0 Å². The van der Waals surface area contributed by atoms with Crippen LogP contribution in [-0.4, -0.2) is 0 Å². The van der Waals surface area contributed by atoms with Crippen molar-refractivity contribution in [2.45, 2.75) is 6.92 Å². The van der Waals surface area contributed by atoms with Crippen molar-refractivity contribution in [3.8, 4) is 17.3 Å². The Bertz CT molecular complexity index is 1150. The number of furan rings is 1. The summed E-state index contributed by atoms with van der Waals surface area (Å²) in [5, 5.41) is 10.6. The Kier molecular flexibility index (Phi) is 3.10. The molecule has 0 aliphatic heterocycles. The average molecular weight is 317 g/mol. The number of benzene rings is 2. The second kappa shape index (κ2) is 5.17. The minimum Gasteiger partial charge on any atom is -0.453 e. The minimum absolute atomic E-state index is 0.236. The van der Waals surface area contributed by atoms with Gasteiger partial charge in [0.1, 0.15) is 12.6 Å². The van der Waals surface area contributed by atoms with Gasteiger partial charge < -0.3 is 4.42 Å². The van der Waals surface area contributed by atoms with Crippen molar-refractivity contribution in [3.05, 3.63) is 65.6 Å². The first kappa shape index (κ1) is 14.4. The van der Waals surface area contributed by atoms with E-state index in [9.17, 15) is 4.39 Å². The Morgan fingerprint density at radius 3 is 2.71 bits per heavy atom. The van der Waals surface area contributed by atoms with Crippen molar-refractivity contribution in [1.29, 1.82) is 5.26 Å². The maximum Gasteiger partial charge on any atom is 0.212 e. The highest BCUT2D eigenvalue weighted by Crippen LogP contribution is 2.36. The lowest BCUT2D eigenvalue weighted by Gasteiger charge is -2.06. The number of aryl methyl sites for hydroxylation is 1. The number of halogens is 1. The van der Waals surface area contributed by atoms with Crippen LogP contribution in [0.2, 0.25) is 0 Å². The van der Waals surface area contributed by atoms with Crippen LogP contribution < -0.4 is 4.57 Å². The highest BCUT2D eigenvalue weighted by molar-refractivity contribution is 6.07. The normalized spacial score (nSPS) is 11.1. The van der Waals surface area contributed by atoms with Gasteiger partial charge in [-0.2, -0.15) is 5.26 Å². The third-order valence-electron chi connectivity index (χ3n) is 4.41. The molecular formula is C20H14FN2O+. The fraction of sp³-hybridized carbons (Fsp3) is 0.100. The van der Waals surface area contributed by atoms with Crippen molar-refractivity contribution >= 4 is 21.9 Å². The molecule has 4 rings (SSSR count). The standard InChI is InChI=1S/C20H14FN2O/c1-12-14(17-5-3-4-8-23(17)2)10-16-15-9-13(11-22)6-7-18(15)24-20(16)19(12)21/h3-10H,1-2H3/q+1. The van der Waals surface area contributed by atoms with Crippen molar-refractivity contribution < 1.29 is 13.4 Å². The van der Waals surface area contributed by atoms with E-state index in [4.69, 9.17) is 9.68 Å². The van der Waals surface area contributed by atoms with Gasteiger partial charge in [-0.15, -0.1) is 0 Å². The van der Waals surface area contributed by atoms with Gasteiger partial charge in [-0.3, -0.25) is 0 Å². The zero-order valence-electron chi connectivity index (χ0n) is 13.3. The Morgan fingerprint density at radius 2 is 1.96 bits per heavy atom. The Labute approximate surface area is 138 Å². The third-order valence-corrected chi connectivity index (χ3v) is 4.41. The molecule has 0 fully saturated rings. The molecule has 0 amide bonds. The molecule has 2 aromatic carbocycles. The Balaban J connectivity index is 2.13. The summed E-state index contributed by atoms with van der Waals surface area (Å²) in [5.41, 5.74) is 3.62.